The van der Waals surface area contributed by atoms with Gasteiger partial charge < -0.3 is 14.8 Å². The van der Waals surface area contributed by atoms with Crippen molar-refractivity contribution < 1.29 is 4.39 Å². The van der Waals surface area contributed by atoms with Crippen LogP contribution in [0.15, 0.2) is 47.3 Å². The van der Waals surface area contributed by atoms with Gasteiger partial charge in [-0.2, -0.15) is 0 Å². The van der Waals surface area contributed by atoms with E-state index in [1.165, 1.54) is 12.1 Å². The number of likely N-dealkylation sites (tertiary alicyclic amines) is 1. The van der Waals surface area contributed by atoms with Gasteiger partial charge in [-0.15, -0.1) is 0 Å². The molecule has 1 aromatic heterocycles. The van der Waals surface area contributed by atoms with Gasteiger partial charge in [0.05, 0.1) is 6.04 Å². The largest absolute Gasteiger partial charge is 0.356 e. The van der Waals surface area contributed by atoms with Crippen LogP contribution in [0.5, 0.6) is 0 Å². The van der Waals surface area contributed by atoms with Crippen LogP contribution in [0.2, 0.25) is 0 Å². The van der Waals surface area contributed by atoms with Gasteiger partial charge in [0, 0.05) is 37.3 Å². The molecule has 2 unspecified atom stereocenters. The molecule has 2 bridgehead atoms. The molecule has 0 saturated carbocycles. The van der Waals surface area contributed by atoms with E-state index >= 15 is 0 Å². The van der Waals surface area contributed by atoms with E-state index in [0.717, 1.165) is 42.4 Å². The maximum absolute atomic E-state index is 13.1. The standard InChI is InChI=1S/C20H22FN3OS/c1-13(15-5-7-17(21)8-6-15)22-20(26)23-10-14-9-16(12-23)18-3-2-4-19(25)24(18)11-14/h2-8,13-14,16H,9-12H2,1H3,(H,22,26)/t13?,14-,16?/m1/s1. The van der Waals surface area contributed by atoms with Crippen LogP contribution < -0.4 is 10.9 Å². The molecule has 4 nitrogen and oxygen atoms in total. The fraction of sp³-hybridized carbons (Fsp3) is 0.400. The second-order valence-electron chi connectivity index (χ2n) is 7.33. The molecule has 2 aliphatic rings. The van der Waals surface area contributed by atoms with Crippen LogP contribution in [0.25, 0.3) is 0 Å². The molecule has 1 aromatic carbocycles. The summed E-state index contributed by atoms with van der Waals surface area (Å²) in [5.74, 6) is 0.529. The van der Waals surface area contributed by atoms with Crippen molar-refractivity contribution in [1.29, 1.82) is 0 Å². The quantitative estimate of drug-likeness (QED) is 0.824. The predicted octanol–water partition coefficient (Wildman–Crippen LogP) is 3.04. The molecule has 0 spiro atoms. The van der Waals surface area contributed by atoms with Crippen LogP contribution in [0.3, 0.4) is 0 Å². The Morgan fingerprint density at radius 3 is 2.73 bits per heavy atom. The molecular weight excluding hydrogens is 349 g/mol. The highest BCUT2D eigenvalue weighted by molar-refractivity contribution is 7.80. The van der Waals surface area contributed by atoms with Gasteiger partial charge in [-0.25, -0.2) is 4.39 Å². The molecule has 3 heterocycles. The third-order valence-electron chi connectivity index (χ3n) is 5.48. The number of aromatic nitrogens is 1. The number of rotatable bonds is 2. The van der Waals surface area contributed by atoms with Crippen LogP contribution >= 0.6 is 12.2 Å². The molecule has 1 N–H and O–H groups in total. The Morgan fingerprint density at radius 2 is 1.96 bits per heavy atom. The van der Waals surface area contributed by atoms with E-state index in [0.29, 0.717) is 11.8 Å². The Labute approximate surface area is 157 Å². The van der Waals surface area contributed by atoms with E-state index in [-0.39, 0.29) is 17.4 Å². The first-order chi connectivity index (χ1) is 12.5. The number of hydrogen-bond donors (Lipinski definition) is 1. The molecule has 0 amide bonds. The minimum absolute atomic E-state index is 0.0137. The van der Waals surface area contributed by atoms with Gasteiger partial charge in [-0.3, -0.25) is 4.79 Å². The van der Waals surface area contributed by atoms with Crippen LogP contribution in [-0.4, -0.2) is 27.7 Å². The van der Waals surface area contributed by atoms with Crippen molar-refractivity contribution in [3.05, 3.63) is 69.9 Å². The zero-order valence-electron chi connectivity index (χ0n) is 14.7. The summed E-state index contributed by atoms with van der Waals surface area (Å²) in [4.78, 5) is 14.3. The molecule has 3 atom stereocenters. The highest BCUT2D eigenvalue weighted by atomic mass is 32.1. The molecule has 0 aliphatic carbocycles. The third kappa shape index (κ3) is 3.26. The monoisotopic (exact) mass is 371 g/mol. The summed E-state index contributed by atoms with van der Waals surface area (Å²) in [6.45, 7) is 4.47. The molecule has 0 radical (unpaired) electrons. The molecule has 2 aromatic rings. The van der Waals surface area contributed by atoms with E-state index in [4.69, 9.17) is 12.2 Å². The van der Waals surface area contributed by atoms with Gasteiger partial charge in [0.2, 0.25) is 0 Å². The molecule has 1 fully saturated rings. The molecule has 2 aliphatic heterocycles. The van der Waals surface area contributed by atoms with E-state index in [1.807, 2.05) is 17.6 Å². The van der Waals surface area contributed by atoms with Gasteiger partial charge in [-0.1, -0.05) is 18.2 Å². The lowest BCUT2D eigenvalue weighted by Gasteiger charge is -2.44. The van der Waals surface area contributed by atoms with Crippen LogP contribution in [0.1, 0.15) is 36.6 Å². The Bertz CT molecular complexity index is 879. The zero-order chi connectivity index (χ0) is 18.3. The normalized spacial score (nSPS) is 22.5. The summed E-state index contributed by atoms with van der Waals surface area (Å²) in [5, 5.41) is 4.10. The summed E-state index contributed by atoms with van der Waals surface area (Å²) in [5.41, 5.74) is 2.21. The maximum atomic E-state index is 13.1. The molecule has 26 heavy (non-hydrogen) atoms. The fourth-order valence-corrected chi connectivity index (χ4v) is 4.50. The van der Waals surface area contributed by atoms with Crippen LogP contribution in [0, 0.1) is 11.7 Å². The van der Waals surface area contributed by atoms with E-state index < -0.39 is 0 Å². The van der Waals surface area contributed by atoms with Gasteiger partial charge in [-0.05, 0) is 55.2 Å². The molecule has 1 saturated heterocycles. The molecule has 136 valence electrons. The lowest BCUT2D eigenvalue weighted by atomic mass is 9.83. The zero-order valence-corrected chi connectivity index (χ0v) is 15.5. The Balaban J connectivity index is 1.47. The molecule has 6 heteroatoms. The number of nitrogens with zero attached hydrogens (tertiary/aromatic N) is 2. The summed E-state index contributed by atoms with van der Waals surface area (Å²) >= 11 is 5.65. The number of piperidine rings is 1. The summed E-state index contributed by atoms with van der Waals surface area (Å²) in [7, 11) is 0. The number of pyridine rings is 1. The smallest absolute Gasteiger partial charge is 0.250 e. The minimum atomic E-state index is -0.235. The number of fused-ring (bicyclic) bond motifs is 4. The van der Waals surface area contributed by atoms with Crippen molar-refractivity contribution in [2.75, 3.05) is 13.1 Å². The molecule has 4 rings (SSSR count). The average Bonchev–Trinajstić information content (AvgIpc) is 2.63. The van der Waals surface area contributed by atoms with Crippen molar-refractivity contribution in [3.63, 3.8) is 0 Å². The summed E-state index contributed by atoms with van der Waals surface area (Å²) in [6.07, 6.45) is 1.11. The number of hydrogen-bond acceptors (Lipinski definition) is 2. The number of thiocarbonyl (C=S) groups is 1. The lowest BCUT2D eigenvalue weighted by molar-refractivity contribution is 0.176. The number of benzene rings is 1. The summed E-state index contributed by atoms with van der Waals surface area (Å²) < 4.78 is 15.0. The van der Waals surface area contributed by atoms with Crippen LogP contribution in [-0.2, 0) is 6.54 Å². The van der Waals surface area contributed by atoms with Crippen molar-refractivity contribution >= 4 is 17.3 Å². The first-order valence-electron chi connectivity index (χ1n) is 9.02. The number of nitrogens with one attached hydrogen (secondary N) is 1. The Morgan fingerprint density at radius 1 is 1.19 bits per heavy atom. The SMILES string of the molecule is CC(NC(=S)N1CC2C[C@H](C1)Cn1c2cccc1=O)c1ccc(F)cc1. The van der Waals surface area contributed by atoms with Gasteiger partial charge in [0.15, 0.2) is 5.11 Å². The first kappa shape index (κ1) is 17.2. The Hall–Kier alpha value is -2.21. The second kappa shape index (κ2) is 6.83. The highest BCUT2D eigenvalue weighted by Crippen LogP contribution is 2.35. The van der Waals surface area contributed by atoms with Crippen LogP contribution in [0.4, 0.5) is 4.39 Å². The average molecular weight is 371 g/mol. The van der Waals surface area contributed by atoms with E-state index in [2.05, 4.69) is 16.3 Å². The van der Waals surface area contributed by atoms with Crippen molar-refractivity contribution in [3.8, 4) is 0 Å². The second-order valence-corrected chi connectivity index (χ2v) is 7.71. The van der Waals surface area contributed by atoms with E-state index in [1.54, 1.807) is 18.2 Å². The predicted molar refractivity (Wildman–Crippen MR) is 104 cm³/mol. The fourth-order valence-electron chi connectivity index (χ4n) is 4.17. The number of halogens is 1. The minimum Gasteiger partial charge on any atom is -0.356 e. The topological polar surface area (TPSA) is 37.3 Å². The third-order valence-corrected chi connectivity index (χ3v) is 5.85. The van der Waals surface area contributed by atoms with Crippen molar-refractivity contribution in [2.45, 2.75) is 31.8 Å². The summed E-state index contributed by atoms with van der Waals surface area (Å²) in [6, 6.07) is 12.1. The lowest BCUT2D eigenvalue weighted by Crippen LogP contribution is -2.52. The van der Waals surface area contributed by atoms with Gasteiger partial charge in [0.1, 0.15) is 5.82 Å². The first-order valence-corrected chi connectivity index (χ1v) is 9.42. The van der Waals surface area contributed by atoms with E-state index in [9.17, 15) is 9.18 Å². The van der Waals surface area contributed by atoms with Gasteiger partial charge in [0.25, 0.3) is 5.56 Å². The maximum Gasteiger partial charge on any atom is 0.250 e. The highest BCUT2D eigenvalue weighted by Gasteiger charge is 2.35. The van der Waals surface area contributed by atoms with Crippen molar-refractivity contribution in [1.82, 2.24) is 14.8 Å². The Kier molecular flexibility index (Phi) is 4.53. The molecular formula is C20H22FN3OS. The van der Waals surface area contributed by atoms with Crippen molar-refractivity contribution in [2.24, 2.45) is 5.92 Å². The van der Waals surface area contributed by atoms with Gasteiger partial charge >= 0.3 is 0 Å².